The number of hydrogen-bond donors (Lipinski definition) is 2. The van der Waals surface area contributed by atoms with Gasteiger partial charge in [0.25, 0.3) is 0 Å². The lowest BCUT2D eigenvalue weighted by Crippen LogP contribution is -2.41. The lowest BCUT2D eigenvalue weighted by Gasteiger charge is -2.35. The van der Waals surface area contributed by atoms with E-state index in [9.17, 15) is 0 Å². The van der Waals surface area contributed by atoms with Crippen molar-refractivity contribution in [2.45, 2.75) is 74.3 Å². The third kappa shape index (κ3) is 12.3. The minimum absolute atomic E-state index is 0.304. The molecule has 0 spiro atoms. The van der Waals surface area contributed by atoms with Crippen molar-refractivity contribution >= 4 is 0 Å². The number of nitrogens with zero attached hydrogens (tertiary/aromatic N) is 3. The Kier molecular flexibility index (Phi) is 21.1. The molecule has 0 bridgehead atoms. The number of rotatable bonds is 4. The summed E-state index contributed by atoms with van der Waals surface area (Å²) in [7, 11) is 2.20. The molecule has 4 atom stereocenters. The summed E-state index contributed by atoms with van der Waals surface area (Å²) in [6.07, 6.45) is 2.59. The Morgan fingerprint density at radius 3 is 1.66 bits per heavy atom. The van der Waals surface area contributed by atoms with Crippen LogP contribution in [-0.2, 0) is 0 Å². The van der Waals surface area contributed by atoms with Crippen LogP contribution in [0.5, 0.6) is 0 Å². The second-order valence-corrected chi connectivity index (χ2v) is 7.96. The number of fused-ring (bicyclic) bond motifs is 1. The summed E-state index contributed by atoms with van der Waals surface area (Å²) in [6, 6.07) is 0.672. The summed E-state index contributed by atoms with van der Waals surface area (Å²) >= 11 is 0. The van der Waals surface area contributed by atoms with E-state index in [2.05, 4.69) is 35.6 Å². The van der Waals surface area contributed by atoms with Crippen LogP contribution in [0.25, 0.3) is 0 Å². The molecule has 0 aromatic rings. The zero-order valence-corrected chi connectivity index (χ0v) is 21.3. The van der Waals surface area contributed by atoms with E-state index in [0.29, 0.717) is 19.3 Å². The Morgan fingerprint density at radius 2 is 1.24 bits per heavy atom. The maximum Gasteiger partial charge on any atom is 0.0558 e. The molecule has 5 nitrogen and oxygen atoms in total. The molecule has 3 fully saturated rings. The van der Waals surface area contributed by atoms with Gasteiger partial charge in [-0.15, -0.1) is 0 Å². The second kappa shape index (κ2) is 19.7. The average Bonchev–Trinajstić information content (AvgIpc) is 3.26. The van der Waals surface area contributed by atoms with Gasteiger partial charge in [0.1, 0.15) is 0 Å². The van der Waals surface area contributed by atoms with Crippen molar-refractivity contribution in [1.82, 2.24) is 14.7 Å². The van der Waals surface area contributed by atoms with Crippen LogP contribution in [-0.4, -0.2) is 97.0 Å². The number of β-amino-alcohol motifs (C(OH)–C–C–N with tert-alkyl or cyclic N) is 2. The maximum atomic E-state index is 8.79. The molecule has 3 rings (SSSR count). The molecule has 178 valence electrons. The Balaban J connectivity index is 0. The van der Waals surface area contributed by atoms with Crippen molar-refractivity contribution in [3.63, 3.8) is 0 Å². The van der Waals surface area contributed by atoms with Gasteiger partial charge in [-0.3, -0.25) is 4.90 Å². The number of aliphatic hydroxyl groups is 2. The first-order chi connectivity index (χ1) is 14.0. The summed E-state index contributed by atoms with van der Waals surface area (Å²) in [5.74, 6) is 2.63. The lowest BCUT2D eigenvalue weighted by atomic mass is 9.93. The molecule has 5 heteroatoms. The van der Waals surface area contributed by atoms with Gasteiger partial charge in [-0.05, 0) is 51.1 Å². The summed E-state index contributed by atoms with van der Waals surface area (Å²) in [6.45, 7) is 25.0. The molecule has 3 aliphatic rings. The number of aliphatic hydroxyl groups excluding tert-OH is 2. The van der Waals surface area contributed by atoms with Gasteiger partial charge in [0.2, 0.25) is 0 Å². The van der Waals surface area contributed by atoms with Crippen LogP contribution in [0.15, 0.2) is 0 Å². The van der Waals surface area contributed by atoms with Crippen LogP contribution >= 0.6 is 0 Å². The summed E-state index contributed by atoms with van der Waals surface area (Å²) in [5.41, 5.74) is 0. The van der Waals surface area contributed by atoms with Gasteiger partial charge in [0.05, 0.1) is 13.2 Å². The molecule has 0 radical (unpaired) electrons. The van der Waals surface area contributed by atoms with Gasteiger partial charge in [0, 0.05) is 45.3 Å². The lowest BCUT2D eigenvalue weighted by molar-refractivity contribution is 0.104. The van der Waals surface area contributed by atoms with Gasteiger partial charge in [-0.25, -0.2) is 0 Å². The first-order valence-corrected chi connectivity index (χ1v) is 12.4. The van der Waals surface area contributed by atoms with E-state index in [0.717, 1.165) is 30.8 Å². The van der Waals surface area contributed by atoms with Crippen molar-refractivity contribution in [3.05, 3.63) is 0 Å². The molecule has 4 unspecified atom stereocenters. The number of piperidine rings is 1. The molecule has 0 saturated carbocycles. The van der Waals surface area contributed by atoms with Gasteiger partial charge < -0.3 is 20.0 Å². The van der Waals surface area contributed by atoms with E-state index in [4.69, 9.17) is 10.2 Å². The van der Waals surface area contributed by atoms with Crippen molar-refractivity contribution in [3.8, 4) is 0 Å². The molecule has 0 aromatic heterocycles. The van der Waals surface area contributed by atoms with Gasteiger partial charge >= 0.3 is 0 Å². The van der Waals surface area contributed by atoms with Crippen molar-refractivity contribution in [2.75, 3.05) is 66.1 Å². The highest BCUT2D eigenvalue weighted by atomic mass is 16.3. The Hall–Kier alpha value is -0.200. The first kappa shape index (κ1) is 31.0. The van der Waals surface area contributed by atoms with Crippen LogP contribution in [0.1, 0.15) is 68.2 Å². The maximum absolute atomic E-state index is 8.79. The quantitative estimate of drug-likeness (QED) is 0.731. The highest BCUT2D eigenvalue weighted by Gasteiger charge is 2.38. The zero-order chi connectivity index (χ0) is 22.8. The van der Waals surface area contributed by atoms with E-state index in [1.807, 2.05) is 41.5 Å². The monoisotopic (exact) mass is 417 g/mol. The van der Waals surface area contributed by atoms with Crippen molar-refractivity contribution in [1.29, 1.82) is 0 Å². The SMILES string of the molecule is CC.CC.CC.CC1CCN(CCO)C(C)C1.CN1CC2CN(CCO)CC2C1. The smallest absolute Gasteiger partial charge is 0.0558 e. The van der Waals surface area contributed by atoms with Crippen molar-refractivity contribution in [2.24, 2.45) is 17.8 Å². The van der Waals surface area contributed by atoms with Crippen LogP contribution in [0.2, 0.25) is 0 Å². The van der Waals surface area contributed by atoms with E-state index >= 15 is 0 Å². The third-order valence-corrected chi connectivity index (χ3v) is 5.82. The van der Waals surface area contributed by atoms with Gasteiger partial charge in [0.15, 0.2) is 0 Å². The zero-order valence-electron chi connectivity index (χ0n) is 21.3. The fourth-order valence-electron chi connectivity index (χ4n) is 4.57. The molecule has 0 aliphatic carbocycles. The fourth-order valence-corrected chi connectivity index (χ4v) is 4.57. The van der Waals surface area contributed by atoms with E-state index in [1.165, 1.54) is 45.6 Å². The van der Waals surface area contributed by atoms with Crippen LogP contribution < -0.4 is 0 Å². The van der Waals surface area contributed by atoms with Crippen LogP contribution in [0.3, 0.4) is 0 Å². The molecular formula is C24H55N3O2. The highest BCUT2D eigenvalue weighted by Crippen LogP contribution is 2.29. The van der Waals surface area contributed by atoms with Crippen LogP contribution in [0, 0.1) is 17.8 Å². The normalized spacial score (nSPS) is 29.1. The molecule has 0 amide bonds. The Labute approximate surface area is 183 Å². The summed E-state index contributed by atoms with van der Waals surface area (Å²) < 4.78 is 0. The fraction of sp³-hybridized carbons (Fsp3) is 1.00. The van der Waals surface area contributed by atoms with E-state index < -0.39 is 0 Å². The van der Waals surface area contributed by atoms with Crippen LogP contribution in [0.4, 0.5) is 0 Å². The molecule has 0 aromatic carbocycles. The predicted molar refractivity (Wildman–Crippen MR) is 129 cm³/mol. The van der Waals surface area contributed by atoms with E-state index in [-0.39, 0.29) is 0 Å². The third-order valence-electron chi connectivity index (χ3n) is 5.82. The molecule has 29 heavy (non-hydrogen) atoms. The largest absolute Gasteiger partial charge is 0.395 e. The van der Waals surface area contributed by atoms with Gasteiger partial charge in [-0.2, -0.15) is 0 Å². The standard InChI is InChI=1S/C9H18N2O.C9H19NO.3C2H6/c1-10-4-8-6-11(2-3-12)7-9(8)5-10;1-8-3-4-10(5-6-11)9(2)7-8;3*1-2/h8-9,12H,2-7H2,1H3;8-9,11H,3-7H2,1-2H3;3*1-2H3. The minimum atomic E-state index is 0.304. The van der Waals surface area contributed by atoms with Crippen molar-refractivity contribution < 1.29 is 10.2 Å². The Bertz CT molecular complexity index is 330. The average molecular weight is 418 g/mol. The predicted octanol–water partition coefficient (Wildman–Crippen LogP) is 3.65. The number of hydrogen-bond acceptors (Lipinski definition) is 5. The summed E-state index contributed by atoms with van der Waals surface area (Å²) in [4.78, 5) is 7.19. The molecule has 3 saturated heterocycles. The second-order valence-electron chi connectivity index (χ2n) is 7.96. The highest BCUT2D eigenvalue weighted by molar-refractivity contribution is 4.91. The Morgan fingerprint density at radius 1 is 0.759 bits per heavy atom. The minimum Gasteiger partial charge on any atom is -0.395 e. The molecule has 3 aliphatic heterocycles. The van der Waals surface area contributed by atoms with Gasteiger partial charge in [-0.1, -0.05) is 48.5 Å². The molecular weight excluding hydrogens is 362 g/mol. The topological polar surface area (TPSA) is 50.2 Å². The summed E-state index contributed by atoms with van der Waals surface area (Å²) in [5, 5.41) is 17.6. The van der Waals surface area contributed by atoms with E-state index in [1.54, 1.807) is 0 Å². The molecule has 3 heterocycles. The number of likely N-dealkylation sites (tertiary alicyclic amines) is 3. The first-order valence-electron chi connectivity index (χ1n) is 12.4. The molecule has 2 N–H and O–H groups in total.